The van der Waals surface area contributed by atoms with E-state index in [0.29, 0.717) is 0 Å². The molecule has 3 aliphatic rings. The zero-order valence-corrected chi connectivity index (χ0v) is 21.5. The van der Waals surface area contributed by atoms with Gasteiger partial charge in [0.2, 0.25) is 18.1 Å². The topological polar surface area (TPSA) is 114 Å². The van der Waals surface area contributed by atoms with Gasteiger partial charge in [-0.15, -0.1) is 4.99 Å². The summed E-state index contributed by atoms with van der Waals surface area (Å²) in [6.45, 7) is 8.73. The van der Waals surface area contributed by atoms with Gasteiger partial charge in [0.15, 0.2) is 0 Å². The number of anilines is 2. The predicted octanol–water partition coefficient (Wildman–Crippen LogP) is 1.68. The summed E-state index contributed by atoms with van der Waals surface area (Å²) in [5.74, 6) is 8.22. The Bertz CT molecular complexity index is 1200. The van der Waals surface area contributed by atoms with Crippen LogP contribution in [0.25, 0.3) is 0 Å². The van der Waals surface area contributed by atoms with Crippen molar-refractivity contribution >= 4 is 17.7 Å². The monoisotopic (exact) mass is 498 g/mol. The van der Waals surface area contributed by atoms with E-state index >= 15 is 0 Å². The van der Waals surface area contributed by atoms with Crippen LogP contribution in [-0.4, -0.2) is 94.0 Å². The Morgan fingerprint density at radius 3 is 2.35 bits per heavy atom. The Balaban J connectivity index is 1.27. The summed E-state index contributed by atoms with van der Waals surface area (Å²) in [5.41, 5.74) is 8.40. The van der Waals surface area contributed by atoms with Gasteiger partial charge in [0.05, 0.1) is 11.3 Å². The smallest absolute Gasteiger partial charge is 0.222 e. The Labute approximate surface area is 218 Å². The Kier molecular flexibility index (Phi) is 7.67. The fourth-order valence-electron chi connectivity index (χ4n) is 5.59. The lowest BCUT2D eigenvalue weighted by molar-refractivity contribution is 0.125. The summed E-state index contributed by atoms with van der Waals surface area (Å²) >= 11 is 0. The van der Waals surface area contributed by atoms with Crippen LogP contribution in [-0.2, 0) is 0 Å². The maximum atomic E-state index is 9.44. The van der Waals surface area contributed by atoms with E-state index < -0.39 is 0 Å². The molecule has 2 aliphatic heterocycles. The van der Waals surface area contributed by atoms with E-state index in [-0.39, 0.29) is 5.95 Å². The minimum absolute atomic E-state index is 0.244. The van der Waals surface area contributed by atoms with Gasteiger partial charge in [-0.3, -0.25) is 9.88 Å². The first-order chi connectivity index (χ1) is 18.1. The lowest BCUT2D eigenvalue weighted by Crippen LogP contribution is -2.58. The van der Waals surface area contributed by atoms with Crippen molar-refractivity contribution < 1.29 is 0 Å². The quantitative estimate of drug-likeness (QED) is 0.286. The summed E-state index contributed by atoms with van der Waals surface area (Å²) in [6, 6.07) is 4.53. The number of aliphatic imine (C=N–C) groups is 1. The number of pyridine rings is 1. The highest BCUT2D eigenvalue weighted by atomic mass is 15.4. The molecule has 37 heavy (non-hydrogen) atoms. The molecule has 2 aromatic rings. The molecule has 0 amide bonds. The van der Waals surface area contributed by atoms with Gasteiger partial charge in [-0.2, -0.15) is 10.2 Å². The maximum Gasteiger partial charge on any atom is 0.222 e. The molecule has 1 aliphatic carbocycles. The number of nitriles is 1. The molecule has 10 nitrogen and oxygen atoms in total. The molecule has 3 fully saturated rings. The molecular weight excluding hydrogens is 464 g/mol. The van der Waals surface area contributed by atoms with Crippen LogP contribution in [0.3, 0.4) is 0 Å². The largest absolute Gasteiger partial charge is 0.368 e. The summed E-state index contributed by atoms with van der Waals surface area (Å²) in [4.78, 5) is 26.7. The average molecular weight is 499 g/mol. The molecule has 0 unspecified atom stereocenters. The number of hydrogen-bond acceptors (Lipinski definition) is 8. The van der Waals surface area contributed by atoms with Gasteiger partial charge in [-0.05, 0) is 31.9 Å². The van der Waals surface area contributed by atoms with Crippen molar-refractivity contribution in [3.8, 4) is 18.0 Å². The van der Waals surface area contributed by atoms with Gasteiger partial charge in [0.25, 0.3) is 0 Å². The van der Waals surface area contributed by atoms with Crippen LogP contribution in [0, 0.1) is 30.2 Å². The van der Waals surface area contributed by atoms with Gasteiger partial charge in [0, 0.05) is 76.4 Å². The molecule has 10 heteroatoms. The zero-order valence-electron chi connectivity index (χ0n) is 21.5. The molecule has 4 heterocycles. The summed E-state index contributed by atoms with van der Waals surface area (Å²) in [6.07, 6.45) is 10.9. The maximum absolute atomic E-state index is 9.44. The molecule has 0 atom stereocenters. The fraction of sp³-hybridized carbons (Fsp3) is 0.519. The van der Waals surface area contributed by atoms with E-state index in [1.54, 1.807) is 12.4 Å². The van der Waals surface area contributed by atoms with Crippen LogP contribution in [0.4, 0.5) is 11.8 Å². The minimum atomic E-state index is 0.244. The van der Waals surface area contributed by atoms with Crippen LogP contribution in [0.5, 0.6) is 0 Å². The highest BCUT2D eigenvalue weighted by Gasteiger charge is 2.31. The van der Waals surface area contributed by atoms with Crippen molar-refractivity contribution in [2.24, 2.45) is 4.99 Å². The Morgan fingerprint density at radius 1 is 1.00 bits per heavy atom. The second kappa shape index (κ2) is 11.4. The van der Waals surface area contributed by atoms with Crippen LogP contribution in [0.15, 0.2) is 29.5 Å². The van der Waals surface area contributed by atoms with Gasteiger partial charge in [-0.1, -0.05) is 24.7 Å². The molecule has 2 saturated heterocycles. The summed E-state index contributed by atoms with van der Waals surface area (Å²) in [5, 5.41) is 9.44. The van der Waals surface area contributed by atoms with Gasteiger partial charge in [0.1, 0.15) is 5.82 Å². The molecule has 1 saturated carbocycles. The molecule has 0 radical (unpaired) electrons. The van der Waals surface area contributed by atoms with Gasteiger partial charge >= 0.3 is 0 Å². The first-order valence-corrected chi connectivity index (χ1v) is 13.1. The second-order valence-electron chi connectivity index (χ2n) is 9.80. The highest BCUT2D eigenvalue weighted by Crippen LogP contribution is 2.25. The van der Waals surface area contributed by atoms with Crippen molar-refractivity contribution in [1.29, 1.82) is 5.26 Å². The molecule has 2 aromatic heterocycles. The normalized spacial score (nSPS) is 19.5. The number of guanidine groups is 1. The number of nitrogens with zero attached hydrogens (tertiary/aromatic N) is 9. The lowest BCUT2D eigenvalue weighted by atomic mass is 10.1. The number of nitrogen functional groups attached to an aromatic ring is 1. The van der Waals surface area contributed by atoms with Crippen LogP contribution in [0.1, 0.15) is 42.5 Å². The predicted molar refractivity (Wildman–Crippen MR) is 144 cm³/mol. The fourth-order valence-corrected chi connectivity index (χ4v) is 5.59. The molecule has 2 N–H and O–H groups in total. The third-order valence-electron chi connectivity index (χ3n) is 7.53. The summed E-state index contributed by atoms with van der Waals surface area (Å²) < 4.78 is 0. The standard InChI is InChI=1S/C27H34N10/c1-21-24(9-8-22-5-4-10-30-19-22)25(33-26(29)32-21)35-13-17-37(18-14-35)27(31-20-28)36-15-11-34(12-16-36)23-6-2-3-7-23/h4-5,10,19,23H,2-3,6-7,11-18H2,1H3,(H2,29,32,33)/b31-27-. The van der Waals surface area contributed by atoms with Gasteiger partial charge < -0.3 is 20.4 Å². The molecule has 0 spiro atoms. The van der Waals surface area contributed by atoms with E-state index in [2.05, 4.69) is 51.4 Å². The van der Waals surface area contributed by atoms with E-state index in [4.69, 9.17) is 5.73 Å². The lowest BCUT2D eigenvalue weighted by Gasteiger charge is -2.44. The first-order valence-electron chi connectivity index (χ1n) is 13.1. The molecule has 5 rings (SSSR count). The Hall–Kier alpha value is -3.89. The molecule has 192 valence electrons. The third-order valence-corrected chi connectivity index (χ3v) is 7.53. The molecule has 0 aromatic carbocycles. The number of nitrogens with two attached hydrogens (primary N) is 1. The van der Waals surface area contributed by atoms with Crippen LogP contribution >= 0.6 is 0 Å². The van der Waals surface area contributed by atoms with E-state index in [1.807, 2.05) is 25.2 Å². The van der Waals surface area contributed by atoms with Gasteiger partial charge in [-0.25, -0.2) is 4.98 Å². The van der Waals surface area contributed by atoms with E-state index in [9.17, 15) is 5.26 Å². The highest BCUT2D eigenvalue weighted by molar-refractivity contribution is 5.81. The first kappa shape index (κ1) is 24.8. The number of aromatic nitrogens is 3. The van der Waals surface area contributed by atoms with Crippen molar-refractivity contribution in [2.45, 2.75) is 38.6 Å². The zero-order chi connectivity index (χ0) is 25.6. The number of rotatable bonds is 2. The summed E-state index contributed by atoms with van der Waals surface area (Å²) in [7, 11) is 0. The molecular formula is C27H34N10. The van der Waals surface area contributed by atoms with E-state index in [1.165, 1.54) is 25.7 Å². The van der Waals surface area contributed by atoms with Crippen LogP contribution < -0.4 is 10.6 Å². The number of aryl methyl sites for hydroxylation is 1. The SMILES string of the molecule is Cc1nc(N)nc(N2CCN(/C(=N\C#N)N3CCN(C4CCCC4)CC3)CC2)c1C#Cc1cccnc1. The second-order valence-corrected chi connectivity index (χ2v) is 9.80. The van der Waals surface area contributed by atoms with E-state index in [0.717, 1.165) is 87.0 Å². The number of piperazine rings is 2. The average Bonchev–Trinajstić information content (AvgIpc) is 3.47. The Morgan fingerprint density at radius 2 is 1.70 bits per heavy atom. The van der Waals surface area contributed by atoms with Crippen LogP contribution in [0.2, 0.25) is 0 Å². The number of hydrogen-bond donors (Lipinski definition) is 1. The van der Waals surface area contributed by atoms with Crippen molar-refractivity contribution in [3.63, 3.8) is 0 Å². The van der Waals surface area contributed by atoms with Crippen molar-refractivity contribution in [2.75, 3.05) is 63.0 Å². The minimum Gasteiger partial charge on any atom is -0.368 e. The van der Waals surface area contributed by atoms with Crippen molar-refractivity contribution in [1.82, 2.24) is 29.7 Å². The molecule has 0 bridgehead atoms. The third kappa shape index (κ3) is 5.76. The van der Waals surface area contributed by atoms with Crippen molar-refractivity contribution in [3.05, 3.63) is 41.3 Å².